The molecule has 1 saturated carbocycles. The molecular formula is C13H18N2O2S. The van der Waals surface area contributed by atoms with Gasteiger partial charge < -0.3 is 15.4 Å². The van der Waals surface area contributed by atoms with E-state index in [1.54, 1.807) is 11.3 Å². The van der Waals surface area contributed by atoms with Crippen LogP contribution in [0.25, 0.3) is 0 Å². The van der Waals surface area contributed by atoms with Crippen LogP contribution in [-0.4, -0.2) is 25.3 Å². The summed E-state index contributed by atoms with van der Waals surface area (Å²) in [6, 6.07) is 0.255. The molecule has 0 aromatic carbocycles. The van der Waals surface area contributed by atoms with Gasteiger partial charge in [-0.1, -0.05) is 0 Å². The third-order valence-corrected chi connectivity index (χ3v) is 4.95. The van der Waals surface area contributed by atoms with Crippen LogP contribution in [0, 0.1) is 12.3 Å². The zero-order chi connectivity index (χ0) is 12.6. The molecule has 1 aromatic heterocycles. The van der Waals surface area contributed by atoms with Gasteiger partial charge in [0.1, 0.15) is 0 Å². The first-order chi connectivity index (χ1) is 8.70. The highest BCUT2D eigenvalue weighted by atomic mass is 32.1. The number of hydrogen-bond donors (Lipinski definition) is 2. The van der Waals surface area contributed by atoms with Gasteiger partial charge in [-0.25, -0.2) is 4.79 Å². The molecule has 1 aliphatic heterocycles. The van der Waals surface area contributed by atoms with Crippen molar-refractivity contribution in [2.75, 3.05) is 18.5 Å². The van der Waals surface area contributed by atoms with Gasteiger partial charge in [0.25, 0.3) is 0 Å². The maximum absolute atomic E-state index is 11.9. The van der Waals surface area contributed by atoms with Gasteiger partial charge in [0.05, 0.1) is 5.69 Å². The lowest BCUT2D eigenvalue weighted by atomic mass is 9.96. The largest absolute Gasteiger partial charge is 0.381 e. The van der Waals surface area contributed by atoms with Crippen LogP contribution < -0.4 is 10.6 Å². The lowest BCUT2D eigenvalue weighted by Gasteiger charge is -2.22. The van der Waals surface area contributed by atoms with Crippen LogP contribution in [0.1, 0.15) is 24.8 Å². The third kappa shape index (κ3) is 2.24. The minimum absolute atomic E-state index is 0.0788. The number of anilines is 1. The summed E-state index contributed by atoms with van der Waals surface area (Å²) >= 11 is 1.61. The standard InChI is InChI=1S/C13H18N2O2S/c1-9-7-18-8-10(9)14-12(16)15-11-6-13(11)2-4-17-5-3-13/h7-8,11H,2-6H2,1H3,(H2,14,15,16). The van der Waals surface area contributed by atoms with Gasteiger partial charge in [0.15, 0.2) is 0 Å². The van der Waals surface area contributed by atoms with Gasteiger partial charge in [-0.05, 0) is 42.5 Å². The number of carbonyl (C=O) groups excluding carboxylic acids is 1. The molecule has 1 spiro atoms. The molecule has 2 amide bonds. The number of amides is 2. The smallest absolute Gasteiger partial charge is 0.319 e. The van der Waals surface area contributed by atoms with Crippen LogP contribution in [0.15, 0.2) is 10.8 Å². The van der Waals surface area contributed by atoms with E-state index in [0.29, 0.717) is 11.5 Å². The number of rotatable bonds is 2. The molecule has 4 nitrogen and oxygen atoms in total. The van der Waals surface area contributed by atoms with Gasteiger partial charge in [-0.3, -0.25) is 0 Å². The second-order valence-electron chi connectivity index (χ2n) is 5.30. The Kier molecular flexibility index (Phi) is 3.03. The molecule has 1 atom stereocenters. The number of hydrogen-bond acceptors (Lipinski definition) is 3. The first-order valence-electron chi connectivity index (χ1n) is 6.38. The summed E-state index contributed by atoms with van der Waals surface area (Å²) in [6.07, 6.45) is 3.26. The first kappa shape index (κ1) is 12.0. The summed E-state index contributed by atoms with van der Waals surface area (Å²) in [5, 5.41) is 9.99. The second kappa shape index (κ2) is 4.55. The molecule has 5 heteroatoms. The molecular weight excluding hydrogens is 248 g/mol. The Hall–Kier alpha value is -1.07. The molecule has 0 radical (unpaired) electrons. The van der Waals surface area contributed by atoms with Gasteiger partial charge >= 0.3 is 6.03 Å². The van der Waals surface area contributed by atoms with Crippen LogP contribution in [-0.2, 0) is 4.74 Å². The second-order valence-corrected chi connectivity index (χ2v) is 6.04. The number of nitrogens with one attached hydrogen (secondary N) is 2. The van der Waals surface area contributed by atoms with Crippen molar-refractivity contribution in [3.8, 4) is 0 Å². The van der Waals surface area contributed by atoms with E-state index in [1.165, 1.54) is 0 Å². The fourth-order valence-electron chi connectivity index (χ4n) is 2.69. The Labute approximate surface area is 111 Å². The summed E-state index contributed by atoms with van der Waals surface area (Å²) in [7, 11) is 0. The average molecular weight is 266 g/mol. The molecule has 0 bridgehead atoms. The monoisotopic (exact) mass is 266 g/mol. The predicted molar refractivity (Wildman–Crippen MR) is 72.1 cm³/mol. The summed E-state index contributed by atoms with van der Waals surface area (Å²) in [6.45, 7) is 3.68. The van der Waals surface area contributed by atoms with Gasteiger partial charge in [-0.2, -0.15) is 0 Å². The molecule has 1 aliphatic carbocycles. The fraction of sp³-hybridized carbons (Fsp3) is 0.615. The lowest BCUT2D eigenvalue weighted by Crippen LogP contribution is -2.35. The molecule has 1 saturated heterocycles. The molecule has 1 unspecified atom stereocenters. The molecule has 1 aromatic rings. The number of urea groups is 1. The predicted octanol–water partition coefficient (Wildman–Crippen LogP) is 2.75. The number of ether oxygens (including phenoxy) is 1. The highest BCUT2D eigenvalue weighted by Gasteiger charge is 2.55. The fourth-order valence-corrected chi connectivity index (χ4v) is 3.47. The zero-order valence-electron chi connectivity index (χ0n) is 10.5. The third-order valence-electron chi connectivity index (χ3n) is 4.09. The normalized spacial score (nSPS) is 24.8. The van der Waals surface area contributed by atoms with E-state index in [-0.39, 0.29) is 6.03 Å². The molecule has 2 fully saturated rings. The minimum Gasteiger partial charge on any atom is -0.381 e. The van der Waals surface area contributed by atoms with E-state index in [0.717, 1.165) is 43.7 Å². The Balaban J connectivity index is 1.52. The summed E-state index contributed by atoms with van der Waals surface area (Å²) < 4.78 is 5.37. The Morgan fingerprint density at radius 2 is 2.22 bits per heavy atom. The quantitative estimate of drug-likeness (QED) is 0.864. The minimum atomic E-state index is -0.0788. The van der Waals surface area contributed by atoms with Crippen molar-refractivity contribution >= 4 is 23.1 Å². The first-order valence-corrected chi connectivity index (χ1v) is 7.32. The van der Waals surface area contributed by atoms with Crippen LogP contribution in [0.5, 0.6) is 0 Å². The van der Waals surface area contributed by atoms with E-state index >= 15 is 0 Å². The van der Waals surface area contributed by atoms with Gasteiger partial charge in [-0.15, -0.1) is 11.3 Å². The maximum atomic E-state index is 11.9. The van der Waals surface area contributed by atoms with Crippen LogP contribution in [0.4, 0.5) is 10.5 Å². The van der Waals surface area contributed by atoms with E-state index in [2.05, 4.69) is 10.6 Å². The van der Waals surface area contributed by atoms with E-state index in [9.17, 15) is 4.79 Å². The highest BCUT2D eigenvalue weighted by Crippen LogP contribution is 2.53. The number of carbonyl (C=O) groups is 1. The van der Waals surface area contributed by atoms with Crippen molar-refractivity contribution in [2.45, 2.75) is 32.2 Å². The van der Waals surface area contributed by atoms with Crippen LogP contribution in [0.3, 0.4) is 0 Å². The van der Waals surface area contributed by atoms with Crippen molar-refractivity contribution in [1.82, 2.24) is 5.32 Å². The molecule has 2 N–H and O–H groups in total. The van der Waals surface area contributed by atoms with E-state index in [4.69, 9.17) is 4.74 Å². The van der Waals surface area contributed by atoms with Gasteiger partial charge in [0.2, 0.25) is 0 Å². The molecule has 18 heavy (non-hydrogen) atoms. The van der Waals surface area contributed by atoms with Gasteiger partial charge in [0, 0.05) is 24.6 Å². The van der Waals surface area contributed by atoms with Crippen molar-refractivity contribution < 1.29 is 9.53 Å². The molecule has 3 rings (SSSR count). The Morgan fingerprint density at radius 3 is 2.89 bits per heavy atom. The zero-order valence-corrected chi connectivity index (χ0v) is 11.3. The van der Waals surface area contributed by atoms with Crippen LogP contribution in [0.2, 0.25) is 0 Å². The molecule has 98 valence electrons. The lowest BCUT2D eigenvalue weighted by molar-refractivity contribution is 0.0548. The maximum Gasteiger partial charge on any atom is 0.319 e. The molecule has 2 aliphatic rings. The number of thiophene rings is 1. The summed E-state index contributed by atoms with van der Waals surface area (Å²) in [4.78, 5) is 11.9. The molecule has 2 heterocycles. The topological polar surface area (TPSA) is 50.4 Å². The number of aryl methyl sites for hydroxylation is 1. The highest BCUT2D eigenvalue weighted by molar-refractivity contribution is 7.08. The van der Waals surface area contributed by atoms with Crippen molar-refractivity contribution in [3.05, 3.63) is 16.3 Å². The summed E-state index contributed by atoms with van der Waals surface area (Å²) in [5.41, 5.74) is 2.37. The summed E-state index contributed by atoms with van der Waals surface area (Å²) in [5.74, 6) is 0. The van der Waals surface area contributed by atoms with Crippen molar-refractivity contribution in [2.24, 2.45) is 5.41 Å². The van der Waals surface area contributed by atoms with E-state index in [1.807, 2.05) is 17.7 Å². The average Bonchev–Trinajstić information content (AvgIpc) is 2.81. The SMILES string of the molecule is Cc1cscc1NC(=O)NC1CC12CCOCC2. The van der Waals surface area contributed by atoms with E-state index < -0.39 is 0 Å². The van der Waals surface area contributed by atoms with Crippen molar-refractivity contribution in [1.29, 1.82) is 0 Å². The Bertz CT molecular complexity index is 452. The van der Waals surface area contributed by atoms with Crippen molar-refractivity contribution in [3.63, 3.8) is 0 Å². The Morgan fingerprint density at radius 1 is 1.44 bits per heavy atom. The van der Waals surface area contributed by atoms with Crippen LogP contribution >= 0.6 is 11.3 Å².